The Kier molecular flexibility index (Phi) is 7.87. The molecule has 3 heteroatoms. The van der Waals surface area contributed by atoms with Crippen molar-refractivity contribution in [2.24, 2.45) is 5.73 Å². The molecule has 18 heavy (non-hydrogen) atoms. The molecule has 0 bridgehead atoms. The minimum Gasteiger partial charge on any atom is -0.329 e. The van der Waals surface area contributed by atoms with Crippen molar-refractivity contribution >= 4 is 0 Å². The van der Waals surface area contributed by atoms with Gasteiger partial charge in [-0.1, -0.05) is 33.1 Å². The molecule has 1 aliphatic heterocycles. The lowest BCUT2D eigenvalue weighted by molar-refractivity contribution is 0.0963. The molecule has 1 fully saturated rings. The topological polar surface area (TPSA) is 32.5 Å². The lowest BCUT2D eigenvalue weighted by Gasteiger charge is -2.40. The first-order chi connectivity index (χ1) is 8.72. The summed E-state index contributed by atoms with van der Waals surface area (Å²) in [7, 11) is 2.29. The smallest absolute Gasteiger partial charge is 0.0218 e. The predicted molar refractivity (Wildman–Crippen MR) is 79.9 cm³/mol. The highest BCUT2D eigenvalue weighted by atomic mass is 15.2. The van der Waals surface area contributed by atoms with Crippen LogP contribution in [0.1, 0.15) is 52.4 Å². The maximum atomic E-state index is 5.96. The van der Waals surface area contributed by atoms with Crippen LogP contribution in [0.2, 0.25) is 0 Å². The van der Waals surface area contributed by atoms with Gasteiger partial charge in [0.1, 0.15) is 0 Å². The van der Waals surface area contributed by atoms with Crippen molar-refractivity contribution in [3.8, 4) is 0 Å². The van der Waals surface area contributed by atoms with Crippen LogP contribution in [0, 0.1) is 0 Å². The van der Waals surface area contributed by atoms with Crippen molar-refractivity contribution in [3.63, 3.8) is 0 Å². The molecule has 0 aromatic heterocycles. The van der Waals surface area contributed by atoms with E-state index in [1.807, 2.05) is 0 Å². The molecule has 0 amide bonds. The van der Waals surface area contributed by atoms with E-state index in [9.17, 15) is 0 Å². The average Bonchev–Trinajstić information content (AvgIpc) is 2.43. The molecular weight excluding hydrogens is 222 g/mol. The normalized spacial score (nSPS) is 20.5. The van der Waals surface area contributed by atoms with Gasteiger partial charge < -0.3 is 10.6 Å². The summed E-state index contributed by atoms with van der Waals surface area (Å²) in [6, 6.07) is 1.35. The third kappa shape index (κ3) is 4.87. The summed E-state index contributed by atoms with van der Waals surface area (Å²) in [5, 5.41) is 0. The van der Waals surface area contributed by atoms with Crippen LogP contribution in [0.5, 0.6) is 0 Å². The van der Waals surface area contributed by atoms with Crippen LogP contribution in [0.25, 0.3) is 0 Å². The van der Waals surface area contributed by atoms with Crippen molar-refractivity contribution in [2.45, 2.75) is 64.5 Å². The molecule has 1 rings (SSSR count). The highest BCUT2D eigenvalue weighted by Crippen LogP contribution is 2.19. The van der Waals surface area contributed by atoms with Crippen molar-refractivity contribution in [2.75, 3.05) is 33.2 Å². The monoisotopic (exact) mass is 255 g/mol. The summed E-state index contributed by atoms with van der Waals surface area (Å²) in [6.07, 6.45) is 7.88. The van der Waals surface area contributed by atoms with Gasteiger partial charge in [0, 0.05) is 18.6 Å². The molecule has 1 unspecified atom stereocenters. The van der Waals surface area contributed by atoms with Crippen LogP contribution in [0.3, 0.4) is 0 Å². The van der Waals surface area contributed by atoms with Crippen molar-refractivity contribution < 1.29 is 0 Å². The highest BCUT2D eigenvalue weighted by Gasteiger charge is 2.25. The van der Waals surface area contributed by atoms with Crippen LogP contribution in [-0.4, -0.2) is 55.1 Å². The minimum absolute atomic E-state index is 0.592. The molecule has 1 heterocycles. The predicted octanol–water partition coefficient (Wildman–Crippen LogP) is 2.31. The summed E-state index contributed by atoms with van der Waals surface area (Å²) in [6.45, 7) is 9.07. The molecule has 0 radical (unpaired) electrons. The van der Waals surface area contributed by atoms with Gasteiger partial charge in [0.25, 0.3) is 0 Å². The largest absolute Gasteiger partial charge is 0.329 e. The SMILES string of the molecule is CCCCCC(CN)N(C)C1CCN(CC)CC1. The first-order valence-electron chi connectivity index (χ1n) is 7.87. The number of likely N-dealkylation sites (tertiary alicyclic amines) is 1. The second-order valence-electron chi connectivity index (χ2n) is 5.72. The summed E-state index contributed by atoms with van der Waals surface area (Å²) in [5.74, 6) is 0. The number of hydrogen-bond acceptors (Lipinski definition) is 3. The summed E-state index contributed by atoms with van der Waals surface area (Å²) < 4.78 is 0. The molecule has 0 saturated carbocycles. The Labute approximate surface area is 114 Å². The van der Waals surface area contributed by atoms with Crippen LogP contribution >= 0.6 is 0 Å². The Hall–Kier alpha value is -0.120. The third-order valence-corrected chi connectivity index (χ3v) is 4.57. The quantitative estimate of drug-likeness (QED) is 0.676. The minimum atomic E-state index is 0.592. The number of nitrogens with two attached hydrogens (primary N) is 1. The van der Waals surface area contributed by atoms with Crippen molar-refractivity contribution in [1.29, 1.82) is 0 Å². The standard InChI is InChI=1S/C15H33N3/c1-4-6-7-8-15(13-16)17(3)14-9-11-18(5-2)12-10-14/h14-15H,4-13,16H2,1-3H3. The number of unbranched alkanes of at least 4 members (excludes halogenated alkanes) is 2. The lowest BCUT2D eigenvalue weighted by Crippen LogP contribution is -2.49. The van der Waals surface area contributed by atoms with E-state index in [-0.39, 0.29) is 0 Å². The van der Waals surface area contributed by atoms with Gasteiger partial charge in [0.05, 0.1) is 0 Å². The fourth-order valence-corrected chi connectivity index (χ4v) is 3.06. The van der Waals surface area contributed by atoms with E-state index >= 15 is 0 Å². The average molecular weight is 255 g/mol. The van der Waals surface area contributed by atoms with Gasteiger partial charge in [-0.15, -0.1) is 0 Å². The first kappa shape index (κ1) is 15.9. The van der Waals surface area contributed by atoms with Gasteiger partial charge in [-0.3, -0.25) is 4.90 Å². The number of rotatable bonds is 8. The maximum Gasteiger partial charge on any atom is 0.0218 e. The van der Waals surface area contributed by atoms with Crippen LogP contribution < -0.4 is 5.73 Å². The third-order valence-electron chi connectivity index (χ3n) is 4.57. The second kappa shape index (κ2) is 8.89. The van der Waals surface area contributed by atoms with Gasteiger partial charge in [0.2, 0.25) is 0 Å². The zero-order valence-electron chi connectivity index (χ0n) is 12.7. The van der Waals surface area contributed by atoms with E-state index < -0.39 is 0 Å². The van der Waals surface area contributed by atoms with Crippen LogP contribution in [-0.2, 0) is 0 Å². The number of likely N-dealkylation sites (N-methyl/N-ethyl adjacent to an activating group) is 1. The molecule has 1 atom stereocenters. The zero-order chi connectivity index (χ0) is 13.4. The molecule has 0 aromatic rings. The Morgan fingerprint density at radius 1 is 1.22 bits per heavy atom. The molecule has 2 N–H and O–H groups in total. The first-order valence-corrected chi connectivity index (χ1v) is 7.87. The molecule has 1 saturated heterocycles. The Bertz CT molecular complexity index is 195. The van der Waals surface area contributed by atoms with Gasteiger partial charge in [-0.05, 0) is 45.9 Å². The number of hydrogen-bond donors (Lipinski definition) is 1. The fraction of sp³-hybridized carbons (Fsp3) is 1.00. The maximum absolute atomic E-state index is 5.96. The molecule has 108 valence electrons. The highest BCUT2D eigenvalue weighted by molar-refractivity contribution is 4.82. The van der Waals surface area contributed by atoms with E-state index in [1.165, 1.54) is 58.2 Å². The Morgan fingerprint density at radius 3 is 2.39 bits per heavy atom. The number of piperidine rings is 1. The fourth-order valence-electron chi connectivity index (χ4n) is 3.06. The van der Waals surface area contributed by atoms with Gasteiger partial charge >= 0.3 is 0 Å². The van der Waals surface area contributed by atoms with Gasteiger partial charge in [-0.25, -0.2) is 0 Å². The lowest BCUT2D eigenvalue weighted by atomic mass is 9.99. The summed E-state index contributed by atoms with van der Waals surface area (Å²) >= 11 is 0. The van der Waals surface area contributed by atoms with E-state index in [4.69, 9.17) is 5.73 Å². The summed E-state index contributed by atoms with van der Waals surface area (Å²) in [5.41, 5.74) is 5.96. The molecule has 0 aromatic carbocycles. The zero-order valence-corrected chi connectivity index (χ0v) is 12.7. The van der Waals surface area contributed by atoms with Crippen LogP contribution in [0.15, 0.2) is 0 Å². The molecule has 3 nitrogen and oxygen atoms in total. The Balaban J connectivity index is 2.34. The molecule has 0 spiro atoms. The van der Waals surface area contributed by atoms with Crippen molar-refractivity contribution in [1.82, 2.24) is 9.80 Å². The van der Waals surface area contributed by atoms with Gasteiger partial charge in [-0.2, -0.15) is 0 Å². The molecule has 0 aliphatic carbocycles. The van der Waals surface area contributed by atoms with E-state index in [0.29, 0.717) is 6.04 Å². The van der Waals surface area contributed by atoms with E-state index in [0.717, 1.165) is 12.6 Å². The molecular formula is C15H33N3. The van der Waals surface area contributed by atoms with Gasteiger partial charge in [0.15, 0.2) is 0 Å². The second-order valence-corrected chi connectivity index (χ2v) is 5.72. The van der Waals surface area contributed by atoms with E-state index in [2.05, 4.69) is 30.7 Å². The summed E-state index contributed by atoms with van der Waals surface area (Å²) in [4.78, 5) is 5.13. The molecule has 1 aliphatic rings. The van der Waals surface area contributed by atoms with Crippen molar-refractivity contribution in [3.05, 3.63) is 0 Å². The van der Waals surface area contributed by atoms with Crippen LogP contribution in [0.4, 0.5) is 0 Å². The number of nitrogens with zero attached hydrogens (tertiary/aromatic N) is 2. The Morgan fingerprint density at radius 2 is 1.89 bits per heavy atom. The van der Waals surface area contributed by atoms with E-state index in [1.54, 1.807) is 0 Å².